The predicted octanol–water partition coefficient (Wildman–Crippen LogP) is 4.24. The van der Waals surface area contributed by atoms with Crippen molar-refractivity contribution in [2.45, 2.75) is 19.4 Å². The maximum absolute atomic E-state index is 6.06. The van der Waals surface area contributed by atoms with Crippen molar-refractivity contribution in [3.63, 3.8) is 0 Å². The van der Waals surface area contributed by atoms with Crippen LogP contribution in [0.15, 0.2) is 48.6 Å². The highest BCUT2D eigenvalue weighted by molar-refractivity contribution is 6.32. The van der Waals surface area contributed by atoms with E-state index in [0.29, 0.717) is 10.9 Å². The zero-order valence-electron chi connectivity index (χ0n) is 9.48. The Kier molecular flexibility index (Phi) is 3.06. The maximum Gasteiger partial charge on any atom is 0.143 e. The molecular formula is C14H15ClO. The summed E-state index contributed by atoms with van der Waals surface area (Å²) in [5.74, 6) is 1.19. The SMILES string of the molecule is CC1C=CC(C)(Oc2ccccc2Cl)C=C1. The molecule has 1 nitrogen and oxygen atoms in total. The summed E-state index contributed by atoms with van der Waals surface area (Å²) < 4.78 is 5.92. The minimum Gasteiger partial charge on any atom is -0.478 e. The topological polar surface area (TPSA) is 9.23 Å². The Morgan fingerprint density at radius 3 is 2.44 bits per heavy atom. The second-order valence-electron chi connectivity index (χ2n) is 4.29. The van der Waals surface area contributed by atoms with Crippen molar-refractivity contribution >= 4 is 11.6 Å². The van der Waals surface area contributed by atoms with Gasteiger partial charge in [0.1, 0.15) is 11.4 Å². The smallest absolute Gasteiger partial charge is 0.143 e. The van der Waals surface area contributed by atoms with Gasteiger partial charge in [0, 0.05) is 0 Å². The molecule has 1 aromatic carbocycles. The summed E-state index contributed by atoms with van der Waals surface area (Å²) in [6.45, 7) is 4.16. The van der Waals surface area contributed by atoms with Gasteiger partial charge in [0.2, 0.25) is 0 Å². The fourth-order valence-electron chi connectivity index (χ4n) is 1.64. The molecule has 1 aromatic rings. The van der Waals surface area contributed by atoms with Crippen molar-refractivity contribution in [3.05, 3.63) is 53.6 Å². The third kappa shape index (κ3) is 2.48. The number of hydrogen-bond acceptors (Lipinski definition) is 1. The highest BCUT2D eigenvalue weighted by atomic mass is 35.5. The zero-order chi connectivity index (χ0) is 11.6. The van der Waals surface area contributed by atoms with Crippen molar-refractivity contribution in [3.8, 4) is 5.75 Å². The molecule has 0 aromatic heterocycles. The fraction of sp³-hybridized carbons (Fsp3) is 0.286. The van der Waals surface area contributed by atoms with Crippen LogP contribution < -0.4 is 4.74 Å². The highest BCUT2D eigenvalue weighted by Crippen LogP contribution is 2.30. The van der Waals surface area contributed by atoms with E-state index in [9.17, 15) is 0 Å². The first kappa shape index (κ1) is 11.3. The minimum absolute atomic E-state index is 0.391. The van der Waals surface area contributed by atoms with Gasteiger partial charge in [-0.05, 0) is 37.1 Å². The van der Waals surface area contributed by atoms with Gasteiger partial charge in [-0.3, -0.25) is 0 Å². The van der Waals surface area contributed by atoms with Crippen LogP contribution in [0.4, 0.5) is 0 Å². The van der Waals surface area contributed by atoms with E-state index < -0.39 is 5.60 Å². The van der Waals surface area contributed by atoms with Crippen molar-refractivity contribution in [1.29, 1.82) is 0 Å². The van der Waals surface area contributed by atoms with Crippen molar-refractivity contribution in [2.75, 3.05) is 0 Å². The van der Waals surface area contributed by atoms with Crippen LogP contribution >= 0.6 is 11.6 Å². The lowest BCUT2D eigenvalue weighted by molar-refractivity contribution is 0.189. The molecule has 0 aliphatic heterocycles. The summed E-state index contributed by atoms with van der Waals surface area (Å²) in [4.78, 5) is 0. The number of hydrogen-bond donors (Lipinski definition) is 0. The van der Waals surface area contributed by atoms with Gasteiger partial charge in [0.25, 0.3) is 0 Å². The number of rotatable bonds is 2. The van der Waals surface area contributed by atoms with E-state index in [0.717, 1.165) is 5.75 Å². The molecule has 2 heteroatoms. The molecule has 16 heavy (non-hydrogen) atoms. The Balaban J connectivity index is 2.19. The number of benzene rings is 1. The summed E-state index contributed by atoms with van der Waals surface area (Å²) in [5, 5.41) is 0.643. The van der Waals surface area contributed by atoms with Gasteiger partial charge in [-0.25, -0.2) is 0 Å². The molecule has 0 amide bonds. The molecule has 84 valence electrons. The average Bonchev–Trinajstić information content (AvgIpc) is 2.27. The zero-order valence-corrected chi connectivity index (χ0v) is 10.2. The van der Waals surface area contributed by atoms with Crippen LogP contribution in [0.5, 0.6) is 5.75 Å². The summed E-state index contributed by atoms with van der Waals surface area (Å²) >= 11 is 6.06. The van der Waals surface area contributed by atoms with Gasteiger partial charge in [0.05, 0.1) is 5.02 Å². The van der Waals surface area contributed by atoms with E-state index in [-0.39, 0.29) is 0 Å². The van der Waals surface area contributed by atoms with Crippen molar-refractivity contribution < 1.29 is 4.74 Å². The molecule has 0 atom stereocenters. The van der Waals surface area contributed by atoms with Gasteiger partial charge in [0.15, 0.2) is 0 Å². The Bertz CT molecular complexity index is 420. The first-order valence-electron chi connectivity index (χ1n) is 5.41. The molecule has 0 bridgehead atoms. The van der Waals surface area contributed by atoms with Crippen LogP contribution in [0.2, 0.25) is 5.02 Å². The third-order valence-electron chi connectivity index (χ3n) is 2.63. The Hall–Kier alpha value is -1.21. The third-order valence-corrected chi connectivity index (χ3v) is 2.94. The van der Waals surface area contributed by atoms with Gasteiger partial charge in [-0.1, -0.05) is 42.8 Å². The highest BCUT2D eigenvalue weighted by Gasteiger charge is 2.23. The monoisotopic (exact) mass is 234 g/mol. The van der Waals surface area contributed by atoms with E-state index in [1.54, 1.807) is 0 Å². The van der Waals surface area contributed by atoms with E-state index in [1.165, 1.54) is 0 Å². The van der Waals surface area contributed by atoms with Crippen LogP contribution in [-0.2, 0) is 0 Å². The standard InChI is InChI=1S/C14H15ClO/c1-11-7-9-14(2,10-8-11)16-13-6-4-3-5-12(13)15/h3-11H,1-2H3. The van der Waals surface area contributed by atoms with Crippen LogP contribution in [0.3, 0.4) is 0 Å². The summed E-state index contributed by atoms with van der Waals surface area (Å²) in [5.41, 5.74) is -0.391. The molecule has 1 aliphatic carbocycles. The summed E-state index contributed by atoms with van der Waals surface area (Å²) in [6, 6.07) is 7.53. The van der Waals surface area contributed by atoms with E-state index in [2.05, 4.69) is 31.2 Å². The van der Waals surface area contributed by atoms with Gasteiger partial charge in [-0.2, -0.15) is 0 Å². The van der Waals surface area contributed by atoms with Crippen molar-refractivity contribution in [2.24, 2.45) is 5.92 Å². The molecule has 0 spiro atoms. The van der Waals surface area contributed by atoms with Gasteiger partial charge >= 0.3 is 0 Å². The summed E-state index contributed by atoms with van der Waals surface area (Å²) in [7, 11) is 0. The number of halogens is 1. The molecule has 0 N–H and O–H groups in total. The number of allylic oxidation sites excluding steroid dienone is 2. The molecule has 0 saturated heterocycles. The molecule has 2 rings (SSSR count). The Morgan fingerprint density at radius 1 is 1.19 bits per heavy atom. The van der Waals surface area contributed by atoms with Gasteiger partial charge < -0.3 is 4.74 Å². The molecule has 0 saturated carbocycles. The molecule has 1 aliphatic rings. The molecule has 0 radical (unpaired) electrons. The minimum atomic E-state index is -0.391. The lowest BCUT2D eigenvalue weighted by Crippen LogP contribution is -2.29. The summed E-state index contributed by atoms with van der Waals surface area (Å²) in [6.07, 6.45) is 8.41. The predicted molar refractivity (Wildman–Crippen MR) is 67.9 cm³/mol. The van der Waals surface area contributed by atoms with Crippen LogP contribution in [-0.4, -0.2) is 5.60 Å². The lowest BCUT2D eigenvalue weighted by atomic mass is 9.95. The quantitative estimate of drug-likeness (QED) is 0.696. The first-order valence-corrected chi connectivity index (χ1v) is 5.79. The van der Waals surface area contributed by atoms with Gasteiger partial charge in [-0.15, -0.1) is 0 Å². The van der Waals surface area contributed by atoms with Crippen molar-refractivity contribution in [1.82, 2.24) is 0 Å². The van der Waals surface area contributed by atoms with Crippen LogP contribution in [0, 0.1) is 5.92 Å². The molecule has 0 unspecified atom stereocenters. The normalized spacial score (nSPS) is 28.1. The lowest BCUT2D eigenvalue weighted by Gasteiger charge is -2.27. The van der Waals surface area contributed by atoms with Crippen LogP contribution in [0.1, 0.15) is 13.8 Å². The number of para-hydroxylation sites is 1. The average molecular weight is 235 g/mol. The van der Waals surface area contributed by atoms with E-state index in [1.807, 2.05) is 31.2 Å². The van der Waals surface area contributed by atoms with E-state index >= 15 is 0 Å². The molecule has 0 heterocycles. The molecule has 0 fully saturated rings. The second kappa shape index (κ2) is 4.34. The molecular weight excluding hydrogens is 220 g/mol. The maximum atomic E-state index is 6.06. The largest absolute Gasteiger partial charge is 0.478 e. The number of ether oxygens (including phenoxy) is 1. The van der Waals surface area contributed by atoms with Crippen LogP contribution in [0.25, 0.3) is 0 Å². The Morgan fingerprint density at radius 2 is 1.81 bits per heavy atom. The van der Waals surface area contributed by atoms with E-state index in [4.69, 9.17) is 16.3 Å². The fourth-order valence-corrected chi connectivity index (χ4v) is 1.81. The first-order chi connectivity index (χ1) is 7.59. The Labute approximate surface area is 101 Å². The second-order valence-corrected chi connectivity index (χ2v) is 4.70.